The van der Waals surface area contributed by atoms with Gasteiger partial charge in [-0.15, -0.1) is 0 Å². The Morgan fingerprint density at radius 3 is 2.54 bits per heavy atom. The van der Waals surface area contributed by atoms with Gasteiger partial charge in [0.1, 0.15) is 5.82 Å². The van der Waals surface area contributed by atoms with E-state index in [4.69, 9.17) is 0 Å². The van der Waals surface area contributed by atoms with Crippen molar-refractivity contribution >= 4 is 17.5 Å². The molecular formula is C20H31N5O. The fourth-order valence-electron chi connectivity index (χ4n) is 4.68. The largest absolute Gasteiger partial charge is 0.354 e. The number of pyridine rings is 1. The Morgan fingerprint density at radius 2 is 1.85 bits per heavy atom. The Kier molecular flexibility index (Phi) is 5.29. The molecule has 2 amide bonds. The van der Waals surface area contributed by atoms with Crippen LogP contribution in [-0.2, 0) is 0 Å². The van der Waals surface area contributed by atoms with Gasteiger partial charge in [-0.25, -0.2) is 9.78 Å². The lowest BCUT2D eigenvalue weighted by Gasteiger charge is -2.38. The summed E-state index contributed by atoms with van der Waals surface area (Å²) in [5.41, 5.74) is 0.845. The second kappa shape index (κ2) is 7.82. The van der Waals surface area contributed by atoms with Crippen molar-refractivity contribution in [2.45, 2.75) is 57.5 Å². The summed E-state index contributed by atoms with van der Waals surface area (Å²) < 4.78 is 0. The fraction of sp³-hybridized carbons (Fsp3) is 0.700. The highest BCUT2D eigenvalue weighted by Crippen LogP contribution is 2.26. The van der Waals surface area contributed by atoms with E-state index in [1.807, 2.05) is 23.2 Å². The zero-order valence-corrected chi connectivity index (χ0v) is 15.9. The van der Waals surface area contributed by atoms with Crippen LogP contribution in [0.5, 0.6) is 0 Å². The minimum absolute atomic E-state index is 0.0122. The number of aromatic nitrogens is 1. The van der Waals surface area contributed by atoms with Crippen molar-refractivity contribution in [3.63, 3.8) is 0 Å². The molecule has 6 nitrogen and oxygen atoms in total. The number of rotatable bonds is 3. The van der Waals surface area contributed by atoms with Crippen molar-refractivity contribution in [1.82, 2.24) is 14.8 Å². The van der Waals surface area contributed by atoms with E-state index in [2.05, 4.69) is 27.0 Å². The van der Waals surface area contributed by atoms with Gasteiger partial charge in [-0.1, -0.05) is 12.8 Å². The number of anilines is 2. The summed E-state index contributed by atoms with van der Waals surface area (Å²) in [7, 11) is 0. The zero-order valence-electron chi connectivity index (χ0n) is 15.9. The van der Waals surface area contributed by atoms with Gasteiger partial charge in [0.05, 0.1) is 0 Å². The first kappa shape index (κ1) is 17.6. The molecule has 1 aliphatic carbocycles. The van der Waals surface area contributed by atoms with E-state index in [1.54, 1.807) is 0 Å². The van der Waals surface area contributed by atoms with Gasteiger partial charge in [0.2, 0.25) is 0 Å². The average Bonchev–Trinajstić information content (AvgIpc) is 3.34. The summed E-state index contributed by atoms with van der Waals surface area (Å²) in [6.07, 6.45) is 9.53. The summed E-state index contributed by atoms with van der Waals surface area (Å²) in [4.78, 5) is 24.0. The third-order valence-electron chi connectivity index (χ3n) is 6.29. The maximum absolute atomic E-state index is 12.5. The topological polar surface area (TPSA) is 51.7 Å². The predicted octanol–water partition coefficient (Wildman–Crippen LogP) is 3.16. The molecule has 0 bridgehead atoms. The number of likely N-dealkylation sites (tertiary alicyclic amines) is 1. The Bertz CT molecular complexity index is 622. The standard InChI is InChI=1S/C20H31N5O/c1-16-5-4-10-25(16)20(26)22-17-8-9-21-19(15-17)24-13-11-23(12-14-24)18-6-2-3-7-18/h8-9,15-16,18H,2-7,10-14H2,1H3,(H,21,22,26). The highest BCUT2D eigenvalue weighted by atomic mass is 16.2. The number of nitrogens with one attached hydrogen (secondary N) is 1. The SMILES string of the molecule is CC1CCCN1C(=O)Nc1ccnc(N2CCN(C3CCCC3)CC2)c1. The van der Waals surface area contributed by atoms with Crippen molar-refractivity contribution in [2.24, 2.45) is 0 Å². The lowest BCUT2D eigenvalue weighted by atomic mass is 10.2. The third-order valence-corrected chi connectivity index (χ3v) is 6.29. The normalized spacial score (nSPS) is 25.0. The summed E-state index contributed by atoms with van der Waals surface area (Å²) >= 11 is 0. The molecule has 26 heavy (non-hydrogen) atoms. The smallest absolute Gasteiger partial charge is 0.322 e. The molecule has 0 aromatic carbocycles. The molecule has 142 valence electrons. The molecule has 1 N–H and O–H groups in total. The van der Waals surface area contributed by atoms with E-state index in [-0.39, 0.29) is 6.03 Å². The second-order valence-corrected chi connectivity index (χ2v) is 7.98. The first-order chi connectivity index (χ1) is 12.7. The minimum Gasteiger partial charge on any atom is -0.354 e. The molecule has 0 spiro atoms. The fourth-order valence-corrected chi connectivity index (χ4v) is 4.68. The van der Waals surface area contributed by atoms with E-state index in [0.29, 0.717) is 6.04 Å². The van der Waals surface area contributed by atoms with Crippen LogP contribution in [0, 0.1) is 0 Å². The van der Waals surface area contributed by atoms with E-state index >= 15 is 0 Å². The number of carbonyl (C=O) groups excluding carboxylic acids is 1. The van der Waals surface area contributed by atoms with Crippen LogP contribution in [0.3, 0.4) is 0 Å². The van der Waals surface area contributed by atoms with Crippen molar-refractivity contribution in [2.75, 3.05) is 42.9 Å². The Labute approximate surface area is 156 Å². The molecule has 2 saturated heterocycles. The van der Waals surface area contributed by atoms with Crippen LogP contribution in [0.2, 0.25) is 0 Å². The molecule has 1 aromatic rings. The van der Waals surface area contributed by atoms with Crippen LogP contribution < -0.4 is 10.2 Å². The van der Waals surface area contributed by atoms with Gasteiger partial charge in [0, 0.05) is 62.8 Å². The number of amides is 2. The number of hydrogen-bond acceptors (Lipinski definition) is 4. The number of piperazine rings is 1. The Balaban J connectivity index is 1.35. The molecule has 3 fully saturated rings. The first-order valence-corrected chi connectivity index (χ1v) is 10.2. The summed E-state index contributed by atoms with van der Waals surface area (Å²) in [5.74, 6) is 0.975. The van der Waals surface area contributed by atoms with Crippen LogP contribution in [0.4, 0.5) is 16.3 Å². The van der Waals surface area contributed by atoms with Crippen molar-refractivity contribution < 1.29 is 4.79 Å². The molecule has 2 aliphatic heterocycles. The van der Waals surface area contributed by atoms with Crippen molar-refractivity contribution in [3.8, 4) is 0 Å². The van der Waals surface area contributed by atoms with Crippen LogP contribution in [0.25, 0.3) is 0 Å². The molecule has 1 saturated carbocycles. The van der Waals surface area contributed by atoms with Crippen LogP contribution in [0.15, 0.2) is 18.3 Å². The average molecular weight is 358 g/mol. The number of carbonyl (C=O) groups is 1. The van der Waals surface area contributed by atoms with Crippen molar-refractivity contribution in [1.29, 1.82) is 0 Å². The highest BCUT2D eigenvalue weighted by Gasteiger charge is 2.27. The van der Waals surface area contributed by atoms with Gasteiger partial charge < -0.3 is 15.1 Å². The first-order valence-electron chi connectivity index (χ1n) is 10.2. The van der Waals surface area contributed by atoms with E-state index in [1.165, 1.54) is 25.7 Å². The van der Waals surface area contributed by atoms with E-state index in [9.17, 15) is 4.79 Å². The van der Waals surface area contributed by atoms with Crippen LogP contribution in [0.1, 0.15) is 45.4 Å². The van der Waals surface area contributed by atoms with Gasteiger partial charge in [-0.05, 0) is 38.7 Å². The van der Waals surface area contributed by atoms with Gasteiger partial charge in [-0.2, -0.15) is 0 Å². The van der Waals surface area contributed by atoms with E-state index < -0.39 is 0 Å². The maximum Gasteiger partial charge on any atom is 0.322 e. The molecule has 0 radical (unpaired) electrons. The zero-order chi connectivity index (χ0) is 17.9. The molecular weight excluding hydrogens is 326 g/mol. The quantitative estimate of drug-likeness (QED) is 0.903. The molecule has 4 rings (SSSR count). The number of nitrogens with zero attached hydrogens (tertiary/aromatic N) is 4. The highest BCUT2D eigenvalue weighted by molar-refractivity contribution is 5.90. The summed E-state index contributed by atoms with van der Waals surface area (Å²) in [6.45, 7) is 7.25. The van der Waals surface area contributed by atoms with Gasteiger partial charge in [-0.3, -0.25) is 4.90 Å². The lowest BCUT2D eigenvalue weighted by Crippen LogP contribution is -2.50. The number of hydrogen-bond donors (Lipinski definition) is 1. The molecule has 6 heteroatoms. The van der Waals surface area contributed by atoms with Gasteiger partial charge in [0.25, 0.3) is 0 Å². The van der Waals surface area contributed by atoms with Gasteiger partial charge in [0.15, 0.2) is 0 Å². The molecule has 3 aliphatic rings. The molecule has 1 aromatic heterocycles. The minimum atomic E-state index is 0.0122. The second-order valence-electron chi connectivity index (χ2n) is 7.98. The summed E-state index contributed by atoms with van der Waals surface area (Å²) in [6, 6.07) is 5.05. The monoisotopic (exact) mass is 357 g/mol. The predicted molar refractivity (Wildman–Crippen MR) is 105 cm³/mol. The van der Waals surface area contributed by atoms with Crippen LogP contribution in [-0.4, -0.2) is 65.6 Å². The van der Waals surface area contributed by atoms with E-state index in [0.717, 1.165) is 63.1 Å². The molecule has 1 unspecified atom stereocenters. The van der Waals surface area contributed by atoms with Crippen LogP contribution >= 0.6 is 0 Å². The van der Waals surface area contributed by atoms with Gasteiger partial charge >= 0.3 is 6.03 Å². The Morgan fingerprint density at radius 1 is 1.08 bits per heavy atom. The molecule has 3 heterocycles. The lowest BCUT2D eigenvalue weighted by molar-refractivity contribution is 0.187. The Hall–Kier alpha value is -1.82. The molecule has 1 atom stereocenters. The third kappa shape index (κ3) is 3.80. The number of urea groups is 1. The summed E-state index contributed by atoms with van der Waals surface area (Å²) in [5, 5.41) is 3.06. The van der Waals surface area contributed by atoms with Crippen molar-refractivity contribution in [3.05, 3.63) is 18.3 Å². The maximum atomic E-state index is 12.5.